The molecule has 0 unspecified atom stereocenters. The number of hydrogen-bond donors (Lipinski definition) is 0. The molecule has 0 fully saturated rings. The highest BCUT2D eigenvalue weighted by Gasteiger charge is 2.31. The maximum absolute atomic E-state index is 14.5. The van der Waals surface area contributed by atoms with Gasteiger partial charge in [0, 0.05) is 29.2 Å². The molecule has 2 aromatic rings. The molecule has 2 rings (SSSR count). The van der Waals surface area contributed by atoms with Crippen LogP contribution in [0.2, 0.25) is 0 Å². The zero-order valence-electron chi connectivity index (χ0n) is 14.5. The molecule has 0 atom stereocenters. The van der Waals surface area contributed by atoms with E-state index in [9.17, 15) is 22.8 Å². The molecule has 0 spiro atoms. The van der Waals surface area contributed by atoms with Gasteiger partial charge in [-0.15, -0.1) is 13.2 Å². The monoisotopic (exact) mass is 440 g/mol. The van der Waals surface area contributed by atoms with Crippen LogP contribution in [0.3, 0.4) is 0 Å². The summed E-state index contributed by atoms with van der Waals surface area (Å²) in [5, 5.41) is 9.45. The second kappa shape index (κ2) is 7.89. The standard InChI is InChI=1S/C19H13BrF4N2O/c1-4-7-26(3)18-11(2)14(9-16(20)15(18)10-25)13-6-5-12(8-17(13)21)27-19(22,23)24/h5-6,8-9H,1-3H3. The number of benzene rings is 2. The Bertz CT molecular complexity index is 984. The lowest BCUT2D eigenvalue weighted by atomic mass is 9.95. The van der Waals surface area contributed by atoms with E-state index in [2.05, 4.69) is 38.7 Å². The predicted octanol–water partition coefficient (Wildman–Crippen LogP) is 5.75. The van der Waals surface area contributed by atoms with Crippen LogP contribution in [-0.2, 0) is 0 Å². The Balaban J connectivity index is 2.66. The fraction of sp³-hybridized carbons (Fsp3) is 0.211. The minimum Gasteiger partial charge on any atom is -0.406 e. The van der Waals surface area contributed by atoms with Crippen molar-refractivity contribution in [2.24, 2.45) is 0 Å². The lowest BCUT2D eigenvalue weighted by Gasteiger charge is -2.20. The average molecular weight is 441 g/mol. The van der Waals surface area contributed by atoms with Crippen LogP contribution in [0, 0.1) is 36.0 Å². The normalized spacial score (nSPS) is 10.6. The van der Waals surface area contributed by atoms with Gasteiger partial charge in [0.1, 0.15) is 17.6 Å². The van der Waals surface area contributed by atoms with E-state index in [1.54, 1.807) is 31.9 Å². The Hall–Kier alpha value is -2.71. The van der Waals surface area contributed by atoms with Crippen molar-refractivity contribution in [3.05, 3.63) is 45.7 Å². The summed E-state index contributed by atoms with van der Waals surface area (Å²) < 4.78 is 55.6. The van der Waals surface area contributed by atoms with Gasteiger partial charge >= 0.3 is 6.36 Å². The van der Waals surface area contributed by atoms with Crippen LogP contribution in [0.1, 0.15) is 18.1 Å². The van der Waals surface area contributed by atoms with E-state index < -0.39 is 17.9 Å². The van der Waals surface area contributed by atoms with Crippen LogP contribution in [0.4, 0.5) is 23.2 Å². The molecule has 2 aromatic carbocycles. The number of halogens is 5. The van der Waals surface area contributed by atoms with Gasteiger partial charge in [0.05, 0.1) is 11.3 Å². The second-order valence-corrected chi connectivity index (χ2v) is 6.33. The molecule has 0 aromatic heterocycles. The largest absolute Gasteiger partial charge is 0.573 e. The average Bonchev–Trinajstić information content (AvgIpc) is 2.55. The van der Waals surface area contributed by atoms with E-state index in [-0.39, 0.29) is 5.56 Å². The van der Waals surface area contributed by atoms with Gasteiger partial charge < -0.3 is 9.64 Å². The Morgan fingerprint density at radius 2 is 1.85 bits per heavy atom. The number of hydrogen-bond acceptors (Lipinski definition) is 3. The third kappa shape index (κ3) is 4.53. The Kier molecular flexibility index (Phi) is 6.02. The topological polar surface area (TPSA) is 36.3 Å². The number of anilines is 1. The molecule has 0 amide bonds. The summed E-state index contributed by atoms with van der Waals surface area (Å²) in [4.78, 5) is 1.54. The maximum atomic E-state index is 14.5. The van der Waals surface area contributed by atoms with Crippen LogP contribution >= 0.6 is 15.9 Å². The number of nitrogens with zero attached hydrogens (tertiary/aromatic N) is 2. The number of nitriles is 1. The first kappa shape index (κ1) is 20.6. The summed E-state index contributed by atoms with van der Waals surface area (Å²) in [6.07, 6.45) is -4.91. The van der Waals surface area contributed by atoms with Gasteiger partial charge in [0.2, 0.25) is 0 Å². The molecular formula is C19H13BrF4N2O. The van der Waals surface area contributed by atoms with Gasteiger partial charge in [-0.05, 0) is 59.1 Å². The summed E-state index contributed by atoms with van der Waals surface area (Å²) in [6.45, 7) is 3.32. The molecule has 0 N–H and O–H groups in total. The lowest BCUT2D eigenvalue weighted by Crippen LogP contribution is -2.17. The van der Waals surface area contributed by atoms with Crippen LogP contribution < -0.4 is 9.64 Å². The smallest absolute Gasteiger partial charge is 0.406 e. The molecule has 0 aliphatic rings. The van der Waals surface area contributed by atoms with Gasteiger partial charge in [0.15, 0.2) is 0 Å². The third-order valence-electron chi connectivity index (χ3n) is 3.70. The quantitative estimate of drug-likeness (QED) is 0.346. The fourth-order valence-electron chi connectivity index (χ4n) is 2.68. The first-order valence-corrected chi connectivity index (χ1v) is 8.33. The predicted molar refractivity (Wildman–Crippen MR) is 97.5 cm³/mol. The maximum Gasteiger partial charge on any atom is 0.573 e. The summed E-state index contributed by atoms with van der Waals surface area (Å²) in [5.41, 5.74) is 1.84. The van der Waals surface area contributed by atoms with Gasteiger partial charge in [-0.25, -0.2) is 4.39 Å². The van der Waals surface area contributed by atoms with Crippen molar-refractivity contribution < 1.29 is 22.3 Å². The molecule has 8 heteroatoms. The molecule has 0 bridgehead atoms. The molecule has 0 saturated carbocycles. The van der Waals surface area contributed by atoms with Crippen molar-refractivity contribution >= 4 is 21.6 Å². The van der Waals surface area contributed by atoms with Gasteiger partial charge in [-0.3, -0.25) is 0 Å². The molecule has 0 aliphatic carbocycles. The lowest BCUT2D eigenvalue weighted by molar-refractivity contribution is -0.274. The summed E-state index contributed by atoms with van der Waals surface area (Å²) in [6, 6.07) is 9.34. The Labute approximate surface area is 162 Å². The zero-order valence-corrected chi connectivity index (χ0v) is 16.1. The molecule has 0 aliphatic heterocycles. The highest BCUT2D eigenvalue weighted by atomic mass is 79.9. The second-order valence-electron chi connectivity index (χ2n) is 5.48. The highest BCUT2D eigenvalue weighted by Crippen LogP contribution is 2.39. The number of rotatable bonds is 3. The molecular weight excluding hydrogens is 428 g/mol. The molecule has 0 radical (unpaired) electrons. The molecule has 3 nitrogen and oxygen atoms in total. The summed E-state index contributed by atoms with van der Waals surface area (Å²) in [7, 11) is 1.66. The first-order chi connectivity index (χ1) is 12.6. The van der Waals surface area contributed by atoms with E-state index in [0.717, 1.165) is 6.07 Å². The SMILES string of the molecule is CC#CN(C)c1c(C)c(-c2ccc(OC(F)(F)F)cc2F)cc(Br)c1C#N. The molecule has 140 valence electrons. The van der Waals surface area contributed by atoms with Crippen molar-refractivity contribution in [2.75, 3.05) is 11.9 Å². The van der Waals surface area contributed by atoms with Gasteiger partial charge in [-0.2, -0.15) is 5.26 Å². The van der Waals surface area contributed by atoms with E-state index in [0.29, 0.717) is 32.9 Å². The van der Waals surface area contributed by atoms with Crippen LogP contribution in [0.15, 0.2) is 28.7 Å². The fourth-order valence-corrected chi connectivity index (χ4v) is 3.18. The molecule has 0 saturated heterocycles. The van der Waals surface area contributed by atoms with Gasteiger partial charge in [0.25, 0.3) is 0 Å². The van der Waals surface area contributed by atoms with Crippen molar-refractivity contribution in [3.63, 3.8) is 0 Å². The van der Waals surface area contributed by atoms with Crippen molar-refractivity contribution in [3.8, 4) is 34.9 Å². The molecule has 0 heterocycles. The first-order valence-electron chi connectivity index (χ1n) is 7.54. The minimum atomic E-state index is -4.91. The third-order valence-corrected chi connectivity index (χ3v) is 4.32. The van der Waals surface area contributed by atoms with Crippen LogP contribution in [0.25, 0.3) is 11.1 Å². The zero-order chi connectivity index (χ0) is 20.4. The van der Waals surface area contributed by atoms with E-state index >= 15 is 0 Å². The summed E-state index contributed by atoms with van der Waals surface area (Å²) >= 11 is 3.29. The summed E-state index contributed by atoms with van der Waals surface area (Å²) in [5.74, 6) is 1.19. The minimum absolute atomic E-state index is 0.0753. The van der Waals surface area contributed by atoms with E-state index in [1.165, 1.54) is 6.07 Å². The van der Waals surface area contributed by atoms with Gasteiger partial charge in [-0.1, -0.05) is 5.92 Å². The van der Waals surface area contributed by atoms with Crippen molar-refractivity contribution in [1.29, 1.82) is 5.26 Å². The van der Waals surface area contributed by atoms with Crippen molar-refractivity contribution in [1.82, 2.24) is 0 Å². The number of alkyl halides is 3. The molecule has 27 heavy (non-hydrogen) atoms. The van der Waals surface area contributed by atoms with E-state index in [4.69, 9.17) is 0 Å². The number of ether oxygens (including phenoxy) is 1. The van der Waals surface area contributed by atoms with E-state index in [1.807, 2.05) is 0 Å². The van der Waals surface area contributed by atoms with Crippen LogP contribution in [-0.4, -0.2) is 13.4 Å². The highest BCUT2D eigenvalue weighted by molar-refractivity contribution is 9.10. The Morgan fingerprint density at radius 1 is 1.19 bits per heavy atom. The van der Waals surface area contributed by atoms with Crippen molar-refractivity contribution in [2.45, 2.75) is 20.2 Å². The van der Waals surface area contributed by atoms with Crippen LogP contribution in [0.5, 0.6) is 5.75 Å². The Morgan fingerprint density at radius 3 is 2.37 bits per heavy atom.